The van der Waals surface area contributed by atoms with E-state index in [4.69, 9.17) is 9.47 Å². The summed E-state index contributed by atoms with van der Waals surface area (Å²) >= 11 is 0. The number of hydrogen-bond acceptors (Lipinski definition) is 4. The molecule has 0 saturated heterocycles. The minimum atomic E-state index is 0.0119. The highest BCUT2D eigenvalue weighted by Crippen LogP contribution is 2.31. The van der Waals surface area contributed by atoms with Crippen molar-refractivity contribution in [2.45, 2.75) is 19.9 Å². The van der Waals surface area contributed by atoms with Crippen molar-refractivity contribution in [3.05, 3.63) is 41.7 Å². The zero-order chi connectivity index (χ0) is 15.2. The average Bonchev–Trinajstić information content (AvgIpc) is 2.86. The highest BCUT2D eigenvalue weighted by atomic mass is 16.5. The van der Waals surface area contributed by atoms with Gasteiger partial charge in [-0.2, -0.15) is 5.10 Å². The first-order valence-corrected chi connectivity index (χ1v) is 7.23. The first kappa shape index (κ1) is 15.4. The molecule has 0 fully saturated rings. The van der Waals surface area contributed by atoms with Crippen LogP contribution in [0.3, 0.4) is 0 Å². The van der Waals surface area contributed by atoms with E-state index in [0.717, 1.165) is 29.3 Å². The van der Waals surface area contributed by atoms with E-state index in [0.29, 0.717) is 6.61 Å². The molecular weight excluding hydrogens is 266 g/mol. The Morgan fingerprint density at radius 2 is 2.14 bits per heavy atom. The topological polar surface area (TPSA) is 48.3 Å². The molecule has 0 aliphatic heterocycles. The summed E-state index contributed by atoms with van der Waals surface area (Å²) in [6.45, 7) is 5.57. The Hall–Kier alpha value is -2.01. The molecule has 1 unspecified atom stereocenters. The van der Waals surface area contributed by atoms with Crippen LogP contribution in [-0.4, -0.2) is 30.0 Å². The first-order chi connectivity index (χ1) is 10.2. The number of aryl methyl sites for hydroxylation is 1. The van der Waals surface area contributed by atoms with Crippen LogP contribution in [0.5, 0.6) is 11.5 Å². The van der Waals surface area contributed by atoms with Gasteiger partial charge in [0.15, 0.2) is 5.75 Å². The Kier molecular flexibility index (Phi) is 5.22. The molecule has 0 spiro atoms. The second-order valence-corrected chi connectivity index (χ2v) is 4.72. The van der Waals surface area contributed by atoms with Gasteiger partial charge < -0.3 is 14.8 Å². The lowest BCUT2D eigenvalue weighted by atomic mass is 10.0. The molecule has 0 aliphatic carbocycles. The van der Waals surface area contributed by atoms with Gasteiger partial charge in [0.1, 0.15) is 11.4 Å². The minimum absolute atomic E-state index is 0.0119. The van der Waals surface area contributed by atoms with Crippen LogP contribution in [0, 0.1) is 0 Å². The highest BCUT2D eigenvalue weighted by molar-refractivity contribution is 5.39. The maximum Gasteiger partial charge on any atom is 0.161 e. The maximum absolute atomic E-state index is 5.60. The molecule has 1 aromatic carbocycles. The molecule has 5 nitrogen and oxygen atoms in total. The lowest BCUT2D eigenvalue weighted by molar-refractivity contribution is 0.339. The second kappa shape index (κ2) is 7.13. The van der Waals surface area contributed by atoms with Gasteiger partial charge in [-0.1, -0.05) is 19.1 Å². The van der Waals surface area contributed by atoms with Crippen molar-refractivity contribution < 1.29 is 9.47 Å². The summed E-state index contributed by atoms with van der Waals surface area (Å²) < 4.78 is 12.9. The third kappa shape index (κ3) is 3.36. The molecule has 0 saturated carbocycles. The number of benzene rings is 1. The van der Waals surface area contributed by atoms with E-state index in [-0.39, 0.29) is 6.04 Å². The number of ether oxygens (including phenoxy) is 2. The number of nitrogens with zero attached hydrogens (tertiary/aromatic N) is 2. The Balaban J connectivity index is 2.43. The minimum Gasteiger partial charge on any atom is -0.494 e. The monoisotopic (exact) mass is 289 g/mol. The van der Waals surface area contributed by atoms with Crippen LogP contribution in [0.4, 0.5) is 0 Å². The van der Waals surface area contributed by atoms with Crippen molar-refractivity contribution in [2.24, 2.45) is 7.05 Å². The molecule has 1 aromatic heterocycles. The van der Waals surface area contributed by atoms with Gasteiger partial charge in [0.25, 0.3) is 0 Å². The zero-order valence-electron chi connectivity index (χ0n) is 13.1. The summed E-state index contributed by atoms with van der Waals surface area (Å²) in [5, 5.41) is 7.79. The van der Waals surface area contributed by atoms with Gasteiger partial charge in [0.05, 0.1) is 26.0 Å². The fourth-order valence-electron chi connectivity index (χ4n) is 2.44. The largest absolute Gasteiger partial charge is 0.494 e. The maximum atomic E-state index is 5.60. The van der Waals surface area contributed by atoms with E-state index < -0.39 is 0 Å². The van der Waals surface area contributed by atoms with Gasteiger partial charge in [-0.05, 0) is 31.2 Å². The van der Waals surface area contributed by atoms with E-state index in [1.807, 2.05) is 30.8 Å². The van der Waals surface area contributed by atoms with E-state index in [2.05, 4.69) is 29.5 Å². The molecule has 0 radical (unpaired) electrons. The molecule has 1 heterocycles. The Labute approximate surface area is 125 Å². The van der Waals surface area contributed by atoms with Crippen LogP contribution < -0.4 is 14.8 Å². The first-order valence-electron chi connectivity index (χ1n) is 7.23. The predicted molar refractivity (Wildman–Crippen MR) is 82.9 cm³/mol. The van der Waals surface area contributed by atoms with Gasteiger partial charge in [0, 0.05) is 7.05 Å². The second-order valence-electron chi connectivity index (χ2n) is 4.72. The van der Waals surface area contributed by atoms with Gasteiger partial charge in [-0.15, -0.1) is 0 Å². The molecule has 1 atom stereocenters. The van der Waals surface area contributed by atoms with Gasteiger partial charge >= 0.3 is 0 Å². The molecule has 5 heteroatoms. The van der Waals surface area contributed by atoms with Crippen LogP contribution in [0.2, 0.25) is 0 Å². The van der Waals surface area contributed by atoms with Crippen LogP contribution >= 0.6 is 0 Å². The standard InChI is InChI=1S/C16H23N3O2/c1-5-17-15(16-14(20-4)11-18-19(16)3)12-8-7-9-13(10-12)21-6-2/h7-11,15,17H,5-6H2,1-4H3. The molecule has 114 valence electrons. The number of aromatic nitrogens is 2. The quantitative estimate of drug-likeness (QED) is 0.851. The number of methoxy groups -OCH3 is 1. The Morgan fingerprint density at radius 1 is 1.33 bits per heavy atom. The predicted octanol–water partition coefficient (Wildman–Crippen LogP) is 2.53. The zero-order valence-corrected chi connectivity index (χ0v) is 13.1. The fourth-order valence-corrected chi connectivity index (χ4v) is 2.44. The molecular formula is C16H23N3O2. The van der Waals surface area contributed by atoms with Crippen LogP contribution in [0.1, 0.15) is 31.1 Å². The van der Waals surface area contributed by atoms with Crippen molar-refractivity contribution in [1.29, 1.82) is 0 Å². The summed E-state index contributed by atoms with van der Waals surface area (Å²) in [4.78, 5) is 0. The number of hydrogen-bond donors (Lipinski definition) is 1. The summed E-state index contributed by atoms with van der Waals surface area (Å²) in [6.07, 6.45) is 1.74. The Bertz CT molecular complexity index is 581. The number of nitrogens with one attached hydrogen (secondary N) is 1. The summed E-state index contributed by atoms with van der Waals surface area (Å²) in [5.41, 5.74) is 2.14. The van der Waals surface area contributed by atoms with Crippen molar-refractivity contribution in [2.75, 3.05) is 20.3 Å². The normalized spacial score (nSPS) is 12.2. The SMILES string of the molecule is CCNC(c1cccc(OCC)c1)c1c(OC)cnn1C. The van der Waals surface area contributed by atoms with Crippen molar-refractivity contribution >= 4 is 0 Å². The van der Waals surface area contributed by atoms with Gasteiger partial charge in [-0.3, -0.25) is 4.68 Å². The summed E-state index contributed by atoms with van der Waals surface area (Å²) in [5.74, 6) is 1.66. The van der Waals surface area contributed by atoms with Crippen molar-refractivity contribution in [3.8, 4) is 11.5 Å². The fraction of sp³-hybridized carbons (Fsp3) is 0.438. The highest BCUT2D eigenvalue weighted by Gasteiger charge is 2.22. The van der Waals surface area contributed by atoms with Crippen molar-refractivity contribution in [1.82, 2.24) is 15.1 Å². The Morgan fingerprint density at radius 3 is 2.81 bits per heavy atom. The average molecular weight is 289 g/mol. The lowest BCUT2D eigenvalue weighted by Gasteiger charge is -2.20. The molecule has 21 heavy (non-hydrogen) atoms. The van der Waals surface area contributed by atoms with Gasteiger partial charge in [0.2, 0.25) is 0 Å². The molecule has 0 amide bonds. The van der Waals surface area contributed by atoms with E-state index >= 15 is 0 Å². The molecule has 2 rings (SSSR count). The molecule has 2 aromatic rings. The van der Waals surface area contributed by atoms with E-state index in [9.17, 15) is 0 Å². The molecule has 0 bridgehead atoms. The van der Waals surface area contributed by atoms with Crippen LogP contribution in [-0.2, 0) is 7.05 Å². The van der Waals surface area contributed by atoms with E-state index in [1.165, 1.54) is 0 Å². The lowest BCUT2D eigenvalue weighted by Crippen LogP contribution is -2.24. The van der Waals surface area contributed by atoms with Gasteiger partial charge in [-0.25, -0.2) is 0 Å². The third-order valence-electron chi connectivity index (χ3n) is 3.35. The van der Waals surface area contributed by atoms with Crippen molar-refractivity contribution in [3.63, 3.8) is 0 Å². The smallest absolute Gasteiger partial charge is 0.161 e. The molecule has 0 aliphatic rings. The molecule has 1 N–H and O–H groups in total. The summed E-state index contributed by atoms with van der Waals surface area (Å²) in [6, 6.07) is 8.13. The van der Waals surface area contributed by atoms with Crippen LogP contribution in [0.15, 0.2) is 30.5 Å². The van der Waals surface area contributed by atoms with Crippen LogP contribution in [0.25, 0.3) is 0 Å². The third-order valence-corrected chi connectivity index (χ3v) is 3.35. The van der Waals surface area contributed by atoms with E-state index in [1.54, 1.807) is 13.3 Å². The summed E-state index contributed by atoms with van der Waals surface area (Å²) in [7, 11) is 3.59. The number of rotatable bonds is 7.